The molecule has 3 fully saturated rings. The lowest BCUT2D eigenvalue weighted by Crippen LogP contribution is -2.77. The van der Waals surface area contributed by atoms with Crippen LogP contribution in [-0.2, 0) is 21.2 Å². The number of amides is 1. The zero-order valence-electron chi connectivity index (χ0n) is 21.6. The van der Waals surface area contributed by atoms with Crippen LogP contribution in [-0.4, -0.2) is 60.5 Å². The van der Waals surface area contributed by atoms with E-state index >= 15 is 8.78 Å². The Labute approximate surface area is 196 Å². The van der Waals surface area contributed by atoms with Gasteiger partial charge in [0, 0.05) is 28.6 Å². The van der Waals surface area contributed by atoms with E-state index < -0.39 is 70.7 Å². The van der Waals surface area contributed by atoms with E-state index in [1.165, 1.54) is 12.1 Å². The van der Waals surface area contributed by atoms with Gasteiger partial charge < -0.3 is 10.0 Å². The van der Waals surface area contributed by atoms with Crippen molar-refractivity contribution in [2.45, 2.75) is 56.0 Å². The third kappa shape index (κ3) is 4.51. The second-order valence-electron chi connectivity index (χ2n) is 8.59. The number of sulfonamides is 1. The lowest BCUT2D eigenvalue weighted by Gasteiger charge is -2.61. The van der Waals surface area contributed by atoms with E-state index in [9.17, 15) is 22.7 Å². The molecule has 2 heterocycles. The quantitative estimate of drug-likeness (QED) is 0.657. The minimum atomic E-state index is -4.09. The highest BCUT2D eigenvalue weighted by Crippen LogP contribution is 2.50. The van der Waals surface area contributed by atoms with Crippen LogP contribution in [0, 0.1) is 11.6 Å². The molecule has 2 saturated heterocycles. The van der Waals surface area contributed by atoms with E-state index in [1.807, 2.05) is 0 Å². The van der Waals surface area contributed by atoms with Crippen molar-refractivity contribution < 1.29 is 37.0 Å². The number of aliphatic hydroxyl groups is 1. The van der Waals surface area contributed by atoms with Gasteiger partial charge in [-0.25, -0.2) is 26.3 Å². The van der Waals surface area contributed by atoms with Crippen LogP contribution < -0.4 is 4.72 Å². The topological polar surface area (TPSA) is 86.7 Å². The molecule has 2 N–H and O–H groups in total. The number of halogens is 3. The maximum atomic E-state index is 15.7. The zero-order chi connectivity index (χ0) is 27.6. The molecule has 3 atom stereocenters. The van der Waals surface area contributed by atoms with E-state index in [0.717, 1.165) is 23.3 Å². The van der Waals surface area contributed by atoms with Crippen LogP contribution in [0.3, 0.4) is 0 Å². The van der Waals surface area contributed by atoms with Gasteiger partial charge in [0.1, 0.15) is 23.4 Å². The number of alkyl halides is 1. The minimum absolute atomic E-state index is 0.128. The SMILES string of the molecule is [2H]C([2H])([2H])[C@@]([2H])(O)C(=O)N1C2CC(F)(C2)[C@H](NS(C)(=O)=O)[C@@H]1Cc1cc(F)cc(-c2ccccc2)c1F. The van der Waals surface area contributed by atoms with Gasteiger partial charge in [-0.1, -0.05) is 30.3 Å². The minimum Gasteiger partial charge on any atom is -0.384 e. The molecule has 2 aliphatic heterocycles. The summed E-state index contributed by atoms with van der Waals surface area (Å²) in [5, 5.41) is 10.3. The summed E-state index contributed by atoms with van der Waals surface area (Å²) in [5.41, 5.74) is -2.29. The molecule has 3 aliphatic rings. The zero-order valence-corrected chi connectivity index (χ0v) is 18.4. The van der Waals surface area contributed by atoms with Crippen LogP contribution in [0.1, 0.15) is 30.7 Å². The molecule has 0 unspecified atom stereocenters. The van der Waals surface area contributed by atoms with E-state index in [2.05, 4.69) is 4.72 Å². The van der Waals surface area contributed by atoms with Crippen LogP contribution >= 0.6 is 0 Å². The summed E-state index contributed by atoms with van der Waals surface area (Å²) in [6.07, 6.45) is -4.28. The number of rotatable bonds is 6. The fourth-order valence-electron chi connectivity index (χ4n) is 4.87. The number of fused-ring (bicyclic) bond motifs is 2. The number of hydrogen-bond acceptors (Lipinski definition) is 4. The van der Waals surface area contributed by atoms with Crippen LogP contribution in [0.2, 0.25) is 0 Å². The number of carbonyl (C=O) groups is 1. The first kappa shape index (κ1) is 18.9. The smallest absolute Gasteiger partial charge is 0.251 e. The molecule has 0 aromatic heterocycles. The molecule has 1 saturated carbocycles. The molecule has 0 spiro atoms. The summed E-state index contributed by atoms with van der Waals surface area (Å²) >= 11 is 0. The van der Waals surface area contributed by atoms with E-state index in [0.29, 0.717) is 5.56 Å². The van der Waals surface area contributed by atoms with Gasteiger partial charge in [-0.05, 0) is 36.5 Å². The number of nitrogens with zero attached hydrogens (tertiary/aromatic N) is 1. The van der Waals surface area contributed by atoms with E-state index in [-0.39, 0.29) is 24.0 Å². The van der Waals surface area contributed by atoms with Crippen molar-refractivity contribution in [3.63, 3.8) is 0 Å². The summed E-state index contributed by atoms with van der Waals surface area (Å²) in [5.74, 6) is -3.36. The molecule has 5 rings (SSSR count). The second kappa shape index (κ2) is 8.41. The highest BCUT2D eigenvalue weighted by atomic mass is 32.2. The fourth-order valence-corrected chi connectivity index (χ4v) is 5.70. The summed E-state index contributed by atoms with van der Waals surface area (Å²) < 4.78 is 102. The molecule has 2 aromatic carbocycles. The average Bonchev–Trinajstić information content (AvgIpc) is 2.76. The lowest BCUT2D eigenvalue weighted by atomic mass is 9.64. The van der Waals surface area contributed by atoms with Crippen molar-refractivity contribution in [3.05, 3.63) is 59.7 Å². The first-order valence-electron chi connectivity index (χ1n) is 12.2. The Morgan fingerprint density at radius 1 is 1.33 bits per heavy atom. The Bertz CT molecular complexity index is 1320. The third-order valence-corrected chi connectivity index (χ3v) is 6.93. The summed E-state index contributed by atoms with van der Waals surface area (Å²) in [6, 6.07) is 5.51. The van der Waals surface area contributed by atoms with Crippen molar-refractivity contribution in [2.75, 3.05) is 6.26 Å². The molecule has 10 heteroatoms. The van der Waals surface area contributed by atoms with Gasteiger partial charge in [-0.3, -0.25) is 4.79 Å². The first-order valence-corrected chi connectivity index (χ1v) is 12.1. The molecule has 2 aromatic rings. The second-order valence-corrected chi connectivity index (χ2v) is 10.4. The number of carbonyl (C=O) groups excluding carboxylic acids is 1. The molecule has 178 valence electrons. The van der Waals surface area contributed by atoms with Crippen molar-refractivity contribution in [2.24, 2.45) is 0 Å². The molecule has 0 radical (unpaired) electrons. The average molecular weight is 487 g/mol. The summed E-state index contributed by atoms with van der Waals surface area (Å²) in [6.45, 7) is -3.49. The third-order valence-electron chi connectivity index (χ3n) is 6.25. The highest BCUT2D eigenvalue weighted by molar-refractivity contribution is 7.88. The first-order chi connectivity index (χ1) is 16.9. The van der Waals surface area contributed by atoms with Crippen LogP contribution in [0.15, 0.2) is 42.5 Å². The molecule has 2 bridgehead atoms. The Morgan fingerprint density at radius 3 is 2.61 bits per heavy atom. The normalized spacial score (nSPS) is 30.8. The number of piperidine rings is 2. The maximum Gasteiger partial charge on any atom is 0.251 e. The number of hydrogen-bond donors (Lipinski definition) is 2. The number of nitrogens with one attached hydrogen (secondary N) is 1. The van der Waals surface area contributed by atoms with Gasteiger partial charge in [0.05, 0.1) is 19.7 Å². The van der Waals surface area contributed by atoms with Crippen LogP contribution in [0.5, 0.6) is 0 Å². The van der Waals surface area contributed by atoms with Crippen LogP contribution in [0.4, 0.5) is 13.2 Å². The van der Waals surface area contributed by atoms with Gasteiger partial charge in [0.15, 0.2) is 0 Å². The van der Waals surface area contributed by atoms with Gasteiger partial charge in [-0.15, -0.1) is 0 Å². The van der Waals surface area contributed by atoms with Crippen molar-refractivity contribution in [1.29, 1.82) is 0 Å². The van der Waals surface area contributed by atoms with Gasteiger partial charge in [0.2, 0.25) is 10.0 Å². The highest BCUT2D eigenvalue weighted by Gasteiger charge is 2.63. The molecule has 1 aliphatic carbocycles. The lowest BCUT2D eigenvalue weighted by molar-refractivity contribution is -0.174. The molecular formula is C23H25F3N2O4S. The monoisotopic (exact) mass is 486 g/mol. The number of benzene rings is 2. The maximum absolute atomic E-state index is 15.7. The summed E-state index contributed by atoms with van der Waals surface area (Å²) in [7, 11) is -4.09. The Kier molecular flexibility index (Phi) is 4.83. The standard InChI is InChI=1S/C23H25F3N2O4S/c1-13(29)22(30)28-17-11-23(26,12-17)21(27-33(2,31)32)19(28)9-15-8-16(24)10-18(20(15)25)14-6-4-3-5-7-14/h3-8,10,13,17,19,21,27,29H,9,11-12H2,1-2H3/t13-,17?,19+,21-,23?/m1/s1/i1D3,13D. The van der Waals surface area contributed by atoms with Gasteiger partial charge >= 0.3 is 0 Å². The summed E-state index contributed by atoms with van der Waals surface area (Å²) in [4.78, 5) is 14.0. The Balaban J connectivity index is 1.83. The van der Waals surface area contributed by atoms with Crippen molar-refractivity contribution >= 4 is 15.9 Å². The van der Waals surface area contributed by atoms with Crippen LogP contribution in [0.25, 0.3) is 11.1 Å². The Morgan fingerprint density at radius 2 is 2.00 bits per heavy atom. The fraction of sp³-hybridized carbons (Fsp3) is 0.435. The van der Waals surface area contributed by atoms with Gasteiger partial charge in [0.25, 0.3) is 5.91 Å². The molecule has 6 nitrogen and oxygen atoms in total. The van der Waals surface area contributed by atoms with Crippen molar-refractivity contribution in [3.8, 4) is 11.1 Å². The molecular weight excluding hydrogens is 457 g/mol. The van der Waals surface area contributed by atoms with E-state index in [4.69, 9.17) is 5.48 Å². The largest absolute Gasteiger partial charge is 0.384 e. The molecule has 1 amide bonds. The van der Waals surface area contributed by atoms with E-state index in [1.54, 1.807) is 18.2 Å². The van der Waals surface area contributed by atoms with Crippen molar-refractivity contribution in [1.82, 2.24) is 9.62 Å². The Hall–Kier alpha value is -2.43. The predicted molar refractivity (Wildman–Crippen MR) is 116 cm³/mol. The predicted octanol–water partition coefficient (Wildman–Crippen LogP) is 2.55. The van der Waals surface area contributed by atoms with Gasteiger partial charge in [-0.2, -0.15) is 0 Å². The molecule has 33 heavy (non-hydrogen) atoms.